The first-order chi connectivity index (χ1) is 10.0. The van der Waals surface area contributed by atoms with Gasteiger partial charge in [-0.15, -0.1) is 0 Å². The van der Waals surface area contributed by atoms with E-state index in [4.69, 9.17) is 9.47 Å². The number of ether oxygens (including phenoxy) is 2. The lowest BCUT2D eigenvalue weighted by Gasteiger charge is -2.05. The Balaban J connectivity index is 1.81. The number of hydrogen-bond acceptors (Lipinski definition) is 5. The fourth-order valence-electron chi connectivity index (χ4n) is 2.27. The third kappa shape index (κ3) is 2.63. The molecule has 5 heteroatoms. The van der Waals surface area contributed by atoms with Crippen LogP contribution in [0.5, 0.6) is 23.0 Å². The minimum Gasteiger partial charge on any atom is -0.508 e. The normalized spacial score (nSPS) is 16.0. The van der Waals surface area contributed by atoms with E-state index >= 15 is 0 Å². The van der Waals surface area contributed by atoms with Crippen molar-refractivity contribution < 1.29 is 24.5 Å². The molecular weight excluding hydrogens is 272 g/mol. The summed E-state index contributed by atoms with van der Waals surface area (Å²) in [5, 5.41) is 18.9. The number of hydrogen-bond donors (Lipinski definition) is 2. The van der Waals surface area contributed by atoms with Crippen molar-refractivity contribution in [1.82, 2.24) is 0 Å². The molecule has 0 saturated heterocycles. The molecule has 0 aromatic heterocycles. The molecule has 2 N–H and O–H groups in total. The number of aromatic hydroxyl groups is 2. The smallest absolute Gasteiger partial charge is 0.238 e. The van der Waals surface area contributed by atoms with Gasteiger partial charge in [-0.3, -0.25) is 4.79 Å². The predicted molar refractivity (Wildman–Crippen MR) is 75.0 cm³/mol. The molecule has 0 amide bonds. The fraction of sp³-hybridized carbons (Fsp3) is 0.188. The van der Waals surface area contributed by atoms with E-state index in [0.29, 0.717) is 11.5 Å². The predicted octanol–water partition coefficient (Wildman–Crippen LogP) is 2.64. The molecule has 21 heavy (non-hydrogen) atoms. The van der Waals surface area contributed by atoms with Crippen LogP contribution < -0.4 is 9.47 Å². The Morgan fingerprint density at radius 1 is 1.10 bits per heavy atom. The Kier molecular flexibility index (Phi) is 3.17. The molecule has 1 heterocycles. The maximum atomic E-state index is 12.2. The summed E-state index contributed by atoms with van der Waals surface area (Å²) >= 11 is 0. The van der Waals surface area contributed by atoms with E-state index in [1.807, 2.05) is 0 Å². The molecule has 5 nitrogen and oxygen atoms in total. The topological polar surface area (TPSA) is 76.0 Å². The van der Waals surface area contributed by atoms with Crippen LogP contribution in [-0.4, -0.2) is 22.3 Å². The first kappa shape index (κ1) is 13.3. The molecule has 2 aromatic carbocycles. The number of benzene rings is 2. The minimum absolute atomic E-state index is 0.0823. The lowest BCUT2D eigenvalue weighted by atomic mass is 10.0. The number of carbonyl (C=O) groups is 1. The van der Waals surface area contributed by atoms with Gasteiger partial charge in [0.05, 0.1) is 5.56 Å². The largest absolute Gasteiger partial charge is 0.508 e. The van der Waals surface area contributed by atoms with Crippen molar-refractivity contribution in [2.24, 2.45) is 0 Å². The van der Waals surface area contributed by atoms with Gasteiger partial charge in [-0.25, -0.2) is 0 Å². The molecular formula is C16H14O5. The van der Waals surface area contributed by atoms with Crippen LogP contribution in [0, 0.1) is 0 Å². The second kappa shape index (κ2) is 5.01. The van der Waals surface area contributed by atoms with Gasteiger partial charge in [-0.2, -0.15) is 0 Å². The van der Waals surface area contributed by atoms with Crippen molar-refractivity contribution in [3.63, 3.8) is 0 Å². The monoisotopic (exact) mass is 286 g/mol. The second-order valence-electron chi connectivity index (χ2n) is 4.89. The van der Waals surface area contributed by atoms with E-state index in [1.165, 1.54) is 12.1 Å². The highest BCUT2D eigenvalue weighted by atomic mass is 16.7. The van der Waals surface area contributed by atoms with E-state index in [0.717, 1.165) is 11.6 Å². The molecule has 1 aliphatic heterocycles. The fourth-order valence-corrected chi connectivity index (χ4v) is 2.27. The van der Waals surface area contributed by atoms with Crippen LogP contribution in [0.3, 0.4) is 0 Å². The average Bonchev–Trinajstić information content (AvgIpc) is 2.77. The molecule has 1 aliphatic rings. The summed E-state index contributed by atoms with van der Waals surface area (Å²) in [6, 6.07) is 9.23. The summed E-state index contributed by atoms with van der Waals surface area (Å²) in [4.78, 5) is 12.2. The van der Waals surface area contributed by atoms with Crippen molar-refractivity contribution in [3.8, 4) is 23.0 Å². The van der Waals surface area contributed by atoms with Crippen LogP contribution in [0.4, 0.5) is 0 Å². The molecule has 0 bridgehead atoms. The third-order valence-electron chi connectivity index (χ3n) is 3.24. The van der Waals surface area contributed by atoms with Crippen LogP contribution in [-0.2, 0) is 6.42 Å². The minimum atomic E-state index is -0.327. The van der Waals surface area contributed by atoms with Crippen molar-refractivity contribution >= 4 is 5.78 Å². The molecule has 2 aromatic rings. The average molecular weight is 286 g/mol. The van der Waals surface area contributed by atoms with E-state index in [2.05, 4.69) is 0 Å². The van der Waals surface area contributed by atoms with Gasteiger partial charge in [-0.05, 0) is 29.8 Å². The van der Waals surface area contributed by atoms with Gasteiger partial charge < -0.3 is 19.7 Å². The summed E-state index contributed by atoms with van der Waals surface area (Å²) < 4.78 is 10.9. The Hall–Kier alpha value is -2.69. The summed E-state index contributed by atoms with van der Waals surface area (Å²) in [5.41, 5.74) is 0.947. The van der Waals surface area contributed by atoms with E-state index in [1.54, 1.807) is 25.1 Å². The Bertz CT molecular complexity index is 708. The van der Waals surface area contributed by atoms with Crippen molar-refractivity contribution in [2.45, 2.75) is 19.6 Å². The molecule has 1 atom stereocenters. The van der Waals surface area contributed by atoms with Crippen LogP contribution in [0.15, 0.2) is 36.4 Å². The second-order valence-corrected chi connectivity index (χ2v) is 4.89. The quantitative estimate of drug-likeness (QED) is 0.848. The van der Waals surface area contributed by atoms with Gasteiger partial charge in [-0.1, -0.05) is 6.07 Å². The zero-order valence-electron chi connectivity index (χ0n) is 11.4. The van der Waals surface area contributed by atoms with Gasteiger partial charge in [0.25, 0.3) is 0 Å². The Morgan fingerprint density at radius 2 is 1.86 bits per heavy atom. The van der Waals surface area contributed by atoms with Gasteiger partial charge in [0.2, 0.25) is 6.29 Å². The summed E-state index contributed by atoms with van der Waals surface area (Å²) in [7, 11) is 0. The highest BCUT2D eigenvalue weighted by molar-refractivity contribution is 6.00. The molecule has 108 valence electrons. The SMILES string of the molecule is C[C@@H]1Oc2ccc(CC(=O)c3ccc(O)cc3O)cc2O1. The summed E-state index contributed by atoms with van der Waals surface area (Å²) in [6.07, 6.45) is -0.198. The zero-order valence-corrected chi connectivity index (χ0v) is 11.4. The van der Waals surface area contributed by atoms with Crippen LogP contribution in [0.2, 0.25) is 0 Å². The van der Waals surface area contributed by atoms with Gasteiger partial charge in [0.15, 0.2) is 17.3 Å². The number of carbonyl (C=O) groups excluding carboxylic acids is 1. The number of ketones is 1. The first-order valence-electron chi connectivity index (χ1n) is 6.54. The summed E-state index contributed by atoms with van der Waals surface area (Å²) in [6.45, 7) is 1.79. The van der Waals surface area contributed by atoms with Crippen molar-refractivity contribution in [2.75, 3.05) is 0 Å². The molecule has 0 unspecified atom stereocenters. The van der Waals surface area contributed by atoms with Crippen LogP contribution in [0.1, 0.15) is 22.8 Å². The maximum Gasteiger partial charge on any atom is 0.238 e. The van der Waals surface area contributed by atoms with Crippen molar-refractivity contribution in [1.29, 1.82) is 0 Å². The highest BCUT2D eigenvalue weighted by Crippen LogP contribution is 2.35. The number of phenols is 2. The van der Waals surface area contributed by atoms with Gasteiger partial charge in [0, 0.05) is 19.4 Å². The van der Waals surface area contributed by atoms with Gasteiger partial charge >= 0.3 is 0 Å². The molecule has 0 fully saturated rings. The molecule has 0 saturated carbocycles. The Labute approximate surface area is 121 Å². The third-order valence-corrected chi connectivity index (χ3v) is 3.24. The first-order valence-corrected chi connectivity index (χ1v) is 6.54. The summed E-state index contributed by atoms with van der Waals surface area (Å²) in [5.74, 6) is 0.726. The standard InChI is InChI=1S/C16H14O5/c1-9-20-15-5-2-10(7-16(15)21-9)6-13(18)12-4-3-11(17)8-14(12)19/h2-5,7-9,17,19H,6H2,1H3/t9-/m1/s1. The highest BCUT2D eigenvalue weighted by Gasteiger charge is 2.21. The maximum absolute atomic E-state index is 12.2. The molecule has 0 aliphatic carbocycles. The number of fused-ring (bicyclic) bond motifs is 1. The van der Waals surface area contributed by atoms with E-state index in [9.17, 15) is 15.0 Å². The van der Waals surface area contributed by atoms with E-state index < -0.39 is 0 Å². The molecule has 0 radical (unpaired) electrons. The zero-order chi connectivity index (χ0) is 15.0. The molecule has 0 spiro atoms. The van der Waals surface area contributed by atoms with Crippen molar-refractivity contribution in [3.05, 3.63) is 47.5 Å². The van der Waals surface area contributed by atoms with E-state index in [-0.39, 0.29) is 35.6 Å². The van der Waals surface area contributed by atoms with Crippen LogP contribution >= 0.6 is 0 Å². The number of phenolic OH excluding ortho intramolecular Hbond substituents is 2. The Morgan fingerprint density at radius 3 is 2.62 bits per heavy atom. The van der Waals surface area contributed by atoms with Crippen LogP contribution in [0.25, 0.3) is 0 Å². The lowest BCUT2D eigenvalue weighted by molar-refractivity contribution is 0.0678. The lowest BCUT2D eigenvalue weighted by Crippen LogP contribution is -2.11. The molecule has 3 rings (SSSR count). The van der Waals surface area contributed by atoms with Gasteiger partial charge in [0.1, 0.15) is 11.5 Å². The number of rotatable bonds is 3. The number of Topliss-reactive ketones (excluding diaryl/α,β-unsaturated/α-hetero) is 1.